The maximum atomic E-state index is 13.6. The van der Waals surface area contributed by atoms with E-state index in [9.17, 15) is 29.4 Å². The molecule has 2 aromatic carbocycles. The molecule has 1 heterocycles. The molecule has 10 heteroatoms. The number of benzene rings is 2. The second-order valence-corrected chi connectivity index (χ2v) is 9.60. The van der Waals surface area contributed by atoms with Crippen LogP contribution in [0.25, 0.3) is 0 Å². The minimum atomic E-state index is -1.53. The zero-order valence-corrected chi connectivity index (χ0v) is 21.6. The van der Waals surface area contributed by atoms with E-state index in [1.807, 2.05) is 30.3 Å². The van der Waals surface area contributed by atoms with Gasteiger partial charge in [0.1, 0.15) is 17.3 Å². The van der Waals surface area contributed by atoms with E-state index in [4.69, 9.17) is 4.74 Å². The third kappa shape index (κ3) is 7.17. The summed E-state index contributed by atoms with van der Waals surface area (Å²) in [7, 11) is 1.53. The summed E-state index contributed by atoms with van der Waals surface area (Å²) >= 11 is 0. The third-order valence-electron chi connectivity index (χ3n) is 6.78. The first-order chi connectivity index (χ1) is 18.2. The summed E-state index contributed by atoms with van der Waals surface area (Å²) in [5, 5.41) is 27.5. The number of methoxy groups -OCH3 is 1. The highest BCUT2D eigenvalue weighted by molar-refractivity contribution is 5.98. The molecule has 10 nitrogen and oxygen atoms in total. The normalized spacial score (nSPS) is 19.1. The van der Waals surface area contributed by atoms with E-state index in [-0.39, 0.29) is 44.0 Å². The summed E-state index contributed by atoms with van der Waals surface area (Å²) < 4.78 is 5.19. The summed E-state index contributed by atoms with van der Waals surface area (Å²) in [6, 6.07) is 14.1. The second-order valence-electron chi connectivity index (χ2n) is 9.60. The van der Waals surface area contributed by atoms with E-state index in [1.165, 1.54) is 7.11 Å². The van der Waals surface area contributed by atoms with Crippen molar-refractivity contribution in [2.45, 2.75) is 50.2 Å². The van der Waals surface area contributed by atoms with Crippen LogP contribution in [0, 0.1) is 5.92 Å². The van der Waals surface area contributed by atoms with Crippen LogP contribution in [0.5, 0.6) is 5.75 Å². The van der Waals surface area contributed by atoms with Crippen LogP contribution >= 0.6 is 0 Å². The lowest BCUT2D eigenvalue weighted by atomic mass is 9.93. The van der Waals surface area contributed by atoms with Crippen LogP contribution < -0.4 is 20.7 Å². The number of hydrogen-bond donors (Lipinski definition) is 5. The largest absolute Gasteiger partial charge is 0.497 e. The molecule has 1 saturated heterocycles. The molecule has 5 N–H and O–H groups in total. The van der Waals surface area contributed by atoms with Gasteiger partial charge in [-0.15, -0.1) is 0 Å². The highest BCUT2D eigenvalue weighted by atomic mass is 16.5. The Hall–Kier alpha value is -3.76. The third-order valence-corrected chi connectivity index (χ3v) is 6.78. The molecule has 3 rings (SSSR count). The van der Waals surface area contributed by atoms with Gasteiger partial charge in [-0.2, -0.15) is 0 Å². The van der Waals surface area contributed by atoms with E-state index < -0.39 is 42.0 Å². The van der Waals surface area contributed by atoms with Crippen LogP contribution in [0.3, 0.4) is 0 Å². The molecule has 2 aromatic rings. The SMILES string of the molecule is COc1ccc(CC(NC(=O)C2(CO)CCC(=O)N2)C(=O)NC(Cc2ccccc2)C(=O)C(C)CO)cc1. The summed E-state index contributed by atoms with van der Waals surface area (Å²) in [5.74, 6) is -2.07. The number of rotatable bonds is 13. The average Bonchev–Trinajstić information content (AvgIpc) is 3.34. The van der Waals surface area contributed by atoms with Crippen molar-refractivity contribution < 1.29 is 34.1 Å². The molecule has 0 bridgehead atoms. The Bertz CT molecular complexity index is 1120. The van der Waals surface area contributed by atoms with Crippen molar-refractivity contribution in [3.63, 3.8) is 0 Å². The number of Topliss-reactive ketones (excluding diaryl/α,β-unsaturated/α-hetero) is 1. The van der Waals surface area contributed by atoms with Gasteiger partial charge in [-0.3, -0.25) is 19.2 Å². The monoisotopic (exact) mass is 525 g/mol. The minimum Gasteiger partial charge on any atom is -0.497 e. The number of carbonyl (C=O) groups is 4. The molecule has 4 unspecified atom stereocenters. The van der Waals surface area contributed by atoms with Gasteiger partial charge in [0, 0.05) is 18.8 Å². The minimum absolute atomic E-state index is 0.0794. The number of hydrogen-bond acceptors (Lipinski definition) is 7. The molecular formula is C28H35N3O7. The first-order valence-corrected chi connectivity index (χ1v) is 12.6. The van der Waals surface area contributed by atoms with Crippen LogP contribution in [0.2, 0.25) is 0 Å². The number of amides is 3. The van der Waals surface area contributed by atoms with Crippen LogP contribution in [-0.2, 0) is 32.0 Å². The Morgan fingerprint density at radius 1 is 0.974 bits per heavy atom. The van der Waals surface area contributed by atoms with Gasteiger partial charge in [0.05, 0.1) is 26.4 Å². The molecule has 4 atom stereocenters. The lowest BCUT2D eigenvalue weighted by Gasteiger charge is -2.29. The Morgan fingerprint density at radius 2 is 1.61 bits per heavy atom. The van der Waals surface area contributed by atoms with Crippen LogP contribution in [-0.4, -0.2) is 71.7 Å². The number of aliphatic hydroxyl groups excluding tert-OH is 2. The van der Waals surface area contributed by atoms with Crippen LogP contribution in [0.1, 0.15) is 30.9 Å². The van der Waals surface area contributed by atoms with Crippen molar-refractivity contribution in [2.75, 3.05) is 20.3 Å². The molecule has 1 fully saturated rings. The molecule has 0 spiro atoms. The Kier molecular flexibility index (Phi) is 9.98. The smallest absolute Gasteiger partial charge is 0.248 e. The molecule has 1 aliphatic heterocycles. The highest BCUT2D eigenvalue weighted by Crippen LogP contribution is 2.21. The molecular weight excluding hydrogens is 490 g/mol. The molecule has 0 aliphatic carbocycles. The van der Waals surface area contributed by atoms with Gasteiger partial charge >= 0.3 is 0 Å². The van der Waals surface area contributed by atoms with Gasteiger partial charge in [0.25, 0.3) is 0 Å². The van der Waals surface area contributed by atoms with Gasteiger partial charge in [0.15, 0.2) is 5.78 Å². The fourth-order valence-corrected chi connectivity index (χ4v) is 4.36. The van der Waals surface area contributed by atoms with Crippen molar-refractivity contribution in [1.29, 1.82) is 0 Å². The van der Waals surface area contributed by atoms with Crippen molar-refractivity contribution >= 4 is 23.5 Å². The van der Waals surface area contributed by atoms with Gasteiger partial charge < -0.3 is 30.9 Å². The van der Waals surface area contributed by atoms with Crippen LogP contribution in [0.15, 0.2) is 54.6 Å². The molecule has 0 saturated carbocycles. The van der Waals surface area contributed by atoms with Crippen molar-refractivity contribution in [1.82, 2.24) is 16.0 Å². The maximum absolute atomic E-state index is 13.6. The molecule has 0 aromatic heterocycles. The number of carbonyl (C=O) groups excluding carboxylic acids is 4. The van der Waals surface area contributed by atoms with Gasteiger partial charge in [-0.1, -0.05) is 49.4 Å². The van der Waals surface area contributed by atoms with E-state index >= 15 is 0 Å². The lowest BCUT2D eigenvalue weighted by Crippen LogP contribution is -2.62. The topological polar surface area (TPSA) is 154 Å². The fraction of sp³-hybridized carbons (Fsp3) is 0.429. The molecule has 0 radical (unpaired) electrons. The van der Waals surface area contributed by atoms with Gasteiger partial charge in [0.2, 0.25) is 17.7 Å². The van der Waals surface area contributed by atoms with E-state index in [0.29, 0.717) is 5.75 Å². The van der Waals surface area contributed by atoms with Crippen LogP contribution in [0.4, 0.5) is 0 Å². The summed E-state index contributed by atoms with van der Waals surface area (Å²) in [6.45, 7) is 0.589. The molecule has 3 amide bonds. The zero-order chi connectivity index (χ0) is 27.7. The van der Waals surface area contributed by atoms with Crippen molar-refractivity contribution in [3.8, 4) is 5.75 Å². The summed E-state index contributed by atoms with van der Waals surface area (Å²) in [5.41, 5.74) is 0.00884. The predicted octanol–water partition coefficient (Wildman–Crippen LogP) is 0.289. The Balaban J connectivity index is 1.86. The lowest BCUT2D eigenvalue weighted by molar-refractivity contribution is -0.136. The zero-order valence-electron chi connectivity index (χ0n) is 21.6. The highest BCUT2D eigenvalue weighted by Gasteiger charge is 2.45. The van der Waals surface area contributed by atoms with Crippen molar-refractivity contribution in [3.05, 3.63) is 65.7 Å². The average molecular weight is 526 g/mol. The molecule has 38 heavy (non-hydrogen) atoms. The van der Waals surface area contributed by atoms with E-state index in [1.54, 1.807) is 31.2 Å². The quantitative estimate of drug-likeness (QED) is 0.252. The number of ether oxygens (including phenoxy) is 1. The number of aliphatic hydroxyl groups is 2. The maximum Gasteiger partial charge on any atom is 0.248 e. The number of ketones is 1. The van der Waals surface area contributed by atoms with Gasteiger partial charge in [-0.05, 0) is 36.1 Å². The first kappa shape index (κ1) is 28.8. The van der Waals surface area contributed by atoms with Gasteiger partial charge in [-0.25, -0.2) is 0 Å². The number of nitrogens with one attached hydrogen (secondary N) is 3. The van der Waals surface area contributed by atoms with Crippen molar-refractivity contribution in [2.24, 2.45) is 5.92 Å². The summed E-state index contributed by atoms with van der Waals surface area (Å²) in [6.07, 6.45) is 0.457. The fourth-order valence-electron chi connectivity index (χ4n) is 4.36. The molecule has 204 valence electrons. The Labute approximate surface area is 221 Å². The molecule has 1 aliphatic rings. The summed E-state index contributed by atoms with van der Waals surface area (Å²) in [4.78, 5) is 51.7. The second kappa shape index (κ2) is 13.2. The van der Waals surface area contributed by atoms with E-state index in [2.05, 4.69) is 16.0 Å². The Morgan fingerprint density at radius 3 is 2.16 bits per heavy atom. The first-order valence-electron chi connectivity index (χ1n) is 12.6. The standard InChI is InChI=1S/C28H35N3O7/c1-18(16-32)25(35)22(14-19-6-4-3-5-7-19)29-26(36)23(15-20-8-10-21(38-2)11-9-20)30-27(37)28(17-33)13-12-24(34)31-28/h3-11,18,22-23,32-33H,12-17H2,1-2H3,(H,29,36)(H,30,37)(H,31,34). The predicted molar refractivity (Wildman–Crippen MR) is 139 cm³/mol. The van der Waals surface area contributed by atoms with E-state index in [0.717, 1.165) is 11.1 Å².